The molecule has 2 aromatic carbocycles. The summed E-state index contributed by atoms with van der Waals surface area (Å²) >= 11 is 7.53. The summed E-state index contributed by atoms with van der Waals surface area (Å²) in [7, 11) is 1.50. The molecular formula is C19H15ClFNO2S. The van der Waals surface area contributed by atoms with Gasteiger partial charge in [0.25, 0.3) is 5.91 Å². The fourth-order valence-corrected chi connectivity index (χ4v) is 3.47. The number of rotatable bonds is 5. The molecule has 128 valence electrons. The molecule has 25 heavy (non-hydrogen) atoms. The number of halogens is 2. The standard InChI is InChI=1S/C19H15ClFNO2S/c1-24-16-9-6-13(20)11-15(16)19(23)22-18(17-3-2-10-25-17)12-4-7-14(21)8-5-12/h2-11,18H,1H3,(H,22,23). The lowest BCUT2D eigenvalue weighted by atomic mass is 10.0. The quantitative estimate of drug-likeness (QED) is 0.676. The van der Waals surface area contributed by atoms with Gasteiger partial charge in [0.2, 0.25) is 0 Å². The first-order valence-electron chi connectivity index (χ1n) is 7.52. The van der Waals surface area contributed by atoms with Gasteiger partial charge in [-0.2, -0.15) is 0 Å². The molecule has 0 aliphatic rings. The largest absolute Gasteiger partial charge is 0.496 e. The molecule has 1 amide bonds. The molecule has 0 saturated carbocycles. The highest BCUT2D eigenvalue weighted by atomic mass is 35.5. The second-order valence-corrected chi connectivity index (χ2v) is 6.73. The van der Waals surface area contributed by atoms with Gasteiger partial charge in [-0.1, -0.05) is 29.8 Å². The van der Waals surface area contributed by atoms with Gasteiger partial charge in [-0.3, -0.25) is 4.79 Å². The van der Waals surface area contributed by atoms with E-state index in [4.69, 9.17) is 16.3 Å². The zero-order valence-corrected chi connectivity index (χ0v) is 14.9. The zero-order chi connectivity index (χ0) is 17.8. The van der Waals surface area contributed by atoms with Crippen molar-refractivity contribution in [3.63, 3.8) is 0 Å². The fraction of sp³-hybridized carbons (Fsp3) is 0.105. The van der Waals surface area contributed by atoms with E-state index < -0.39 is 6.04 Å². The van der Waals surface area contributed by atoms with Crippen LogP contribution in [0, 0.1) is 5.82 Å². The lowest BCUT2D eigenvalue weighted by molar-refractivity contribution is 0.0940. The van der Waals surface area contributed by atoms with Crippen LogP contribution in [0.1, 0.15) is 26.8 Å². The molecule has 1 N–H and O–H groups in total. The Morgan fingerprint density at radius 2 is 1.96 bits per heavy atom. The number of hydrogen-bond donors (Lipinski definition) is 1. The van der Waals surface area contributed by atoms with Crippen LogP contribution in [-0.2, 0) is 0 Å². The van der Waals surface area contributed by atoms with Crippen molar-refractivity contribution in [1.29, 1.82) is 0 Å². The van der Waals surface area contributed by atoms with Crippen LogP contribution in [-0.4, -0.2) is 13.0 Å². The van der Waals surface area contributed by atoms with E-state index in [1.807, 2.05) is 17.5 Å². The molecule has 1 aromatic heterocycles. The fourth-order valence-electron chi connectivity index (χ4n) is 2.50. The van der Waals surface area contributed by atoms with Crippen molar-refractivity contribution in [1.82, 2.24) is 5.32 Å². The van der Waals surface area contributed by atoms with Crippen LogP contribution in [0.15, 0.2) is 60.0 Å². The lowest BCUT2D eigenvalue weighted by Gasteiger charge is -2.19. The minimum absolute atomic E-state index is 0.318. The second kappa shape index (κ2) is 7.68. The first kappa shape index (κ1) is 17.5. The number of carbonyl (C=O) groups is 1. The third-order valence-electron chi connectivity index (χ3n) is 3.71. The Hall–Kier alpha value is -2.37. The van der Waals surface area contributed by atoms with Crippen LogP contribution in [0.5, 0.6) is 5.75 Å². The average molecular weight is 376 g/mol. The lowest BCUT2D eigenvalue weighted by Crippen LogP contribution is -2.29. The van der Waals surface area contributed by atoms with Gasteiger partial charge in [0, 0.05) is 9.90 Å². The van der Waals surface area contributed by atoms with Crippen LogP contribution >= 0.6 is 22.9 Å². The van der Waals surface area contributed by atoms with Crippen molar-refractivity contribution in [3.8, 4) is 5.75 Å². The highest BCUT2D eigenvalue weighted by molar-refractivity contribution is 7.10. The minimum atomic E-state index is -0.392. The first-order chi connectivity index (χ1) is 12.1. The van der Waals surface area contributed by atoms with Gasteiger partial charge in [0.05, 0.1) is 18.7 Å². The summed E-state index contributed by atoms with van der Waals surface area (Å²) in [5, 5.41) is 5.36. The molecule has 3 rings (SSSR count). The Morgan fingerprint density at radius 3 is 2.60 bits per heavy atom. The zero-order valence-electron chi connectivity index (χ0n) is 13.3. The summed E-state index contributed by atoms with van der Waals surface area (Å²) < 4.78 is 18.5. The second-order valence-electron chi connectivity index (χ2n) is 5.32. The highest BCUT2D eigenvalue weighted by Gasteiger charge is 2.21. The van der Waals surface area contributed by atoms with Crippen molar-refractivity contribution in [2.24, 2.45) is 0 Å². The summed E-state index contributed by atoms with van der Waals surface area (Å²) in [6.07, 6.45) is 0. The molecule has 0 radical (unpaired) electrons. The van der Waals surface area contributed by atoms with Crippen molar-refractivity contribution in [2.45, 2.75) is 6.04 Å². The summed E-state index contributed by atoms with van der Waals surface area (Å²) in [4.78, 5) is 13.7. The Bertz CT molecular complexity index is 866. The van der Waals surface area contributed by atoms with Crippen molar-refractivity contribution in [2.75, 3.05) is 7.11 Å². The first-order valence-corrected chi connectivity index (χ1v) is 8.77. The Labute approximate surface area is 154 Å². The number of carbonyl (C=O) groups excluding carboxylic acids is 1. The molecule has 0 fully saturated rings. The summed E-state index contributed by atoms with van der Waals surface area (Å²) in [6, 6.07) is 14.4. The third-order valence-corrected chi connectivity index (χ3v) is 4.88. The number of hydrogen-bond acceptors (Lipinski definition) is 3. The predicted molar refractivity (Wildman–Crippen MR) is 98.0 cm³/mol. The number of methoxy groups -OCH3 is 1. The van der Waals surface area contributed by atoms with E-state index in [9.17, 15) is 9.18 Å². The van der Waals surface area contributed by atoms with Crippen LogP contribution in [0.3, 0.4) is 0 Å². The molecule has 0 aliphatic carbocycles. The van der Waals surface area contributed by atoms with Crippen LogP contribution in [0.4, 0.5) is 4.39 Å². The maximum absolute atomic E-state index is 13.2. The number of ether oxygens (including phenoxy) is 1. The molecule has 0 aliphatic heterocycles. The van der Waals surface area contributed by atoms with E-state index in [1.54, 1.807) is 30.3 Å². The average Bonchev–Trinajstić information content (AvgIpc) is 3.14. The molecule has 1 unspecified atom stereocenters. The van der Waals surface area contributed by atoms with E-state index in [0.29, 0.717) is 16.3 Å². The van der Waals surface area contributed by atoms with E-state index >= 15 is 0 Å². The van der Waals surface area contributed by atoms with Crippen molar-refractivity contribution < 1.29 is 13.9 Å². The maximum Gasteiger partial charge on any atom is 0.255 e. The number of thiophene rings is 1. The minimum Gasteiger partial charge on any atom is -0.496 e. The summed E-state index contributed by atoms with van der Waals surface area (Å²) in [5.74, 6) is -0.204. The highest BCUT2D eigenvalue weighted by Crippen LogP contribution is 2.28. The Balaban J connectivity index is 1.94. The van der Waals surface area contributed by atoms with Crippen LogP contribution in [0.25, 0.3) is 0 Å². The SMILES string of the molecule is COc1ccc(Cl)cc1C(=O)NC(c1ccc(F)cc1)c1cccs1. The molecule has 0 bridgehead atoms. The number of amides is 1. The van der Waals surface area contributed by atoms with Gasteiger partial charge >= 0.3 is 0 Å². The van der Waals surface area contributed by atoms with Gasteiger partial charge in [0.15, 0.2) is 0 Å². The van der Waals surface area contributed by atoms with Crippen molar-refractivity contribution >= 4 is 28.8 Å². The molecule has 0 spiro atoms. The summed E-state index contributed by atoms with van der Waals surface area (Å²) in [6.45, 7) is 0. The number of benzene rings is 2. The monoisotopic (exact) mass is 375 g/mol. The van der Waals surface area contributed by atoms with Gasteiger partial charge < -0.3 is 10.1 Å². The predicted octanol–water partition coefficient (Wildman–Crippen LogP) is 5.07. The van der Waals surface area contributed by atoms with Crippen LogP contribution in [0.2, 0.25) is 5.02 Å². The van der Waals surface area contributed by atoms with Crippen molar-refractivity contribution in [3.05, 3.63) is 86.8 Å². The van der Waals surface area contributed by atoms with Gasteiger partial charge in [-0.05, 0) is 47.3 Å². The van der Waals surface area contributed by atoms with Gasteiger partial charge in [-0.15, -0.1) is 11.3 Å². The number of nitrogens with one attached hydrogen (secondary N) is 1. The molecule has 1 atom stereocenters. The molecule has 3 nitrogen and oxygen atoms in total. The molecule has 3 aromatic rings. The van der Waals surface area contributed by atoms with Gasteiger partial charge in [0.1, 0.15) is 11.6 Å². The Kier molecular flexibility index (Phi) is 5.36. The summed E-state index contributed by atoms with van der Waals surface area (Å²) in [5.41, 5.74) is 1.14. The van der Waals surface area contributed by atoms with Crippen LogP contribution < -0.4 is 10.1 Å². The molecule has 6 heteroatoms. The van der Waals surface area contributed by atoms with E-state index in [1.165, 1.54) is 30.6 Å². The Morgan fingerprint density at radius 1 is 1.20 bits per heavy atom. The van der Waals surface area contributed by atoms with E-state index in [0.717, 1.165) is 10.4 Å². The third kappa shape index (κ3) is 4.00. The normalized spacial score (nSPS) is 11.8. The topological polar surface area (TPSA) is 38.3 Å². The van der Waals surface area contributed by atoms with Gasteiger partial charge in [-0.25, -0.2) is 4.39 Å². The van der Waals surface area contributed by atoms with E-state index in [2.05, 4.69) is 5.32 Å². The smallest absolute Gasteiger partial charge is 0.255 e. The van der Waals surface area contributed by atoms with E-state index in [-0.39, 0.29) is 11.7 Å². The molecule has 1 heterocycles. The molecular weight excluding hydrogens is 361 g/mol. The maximum atomic E-state index is 13.2. The molecule has 0 saturated heterocycles.